The Morgan fingerprint density at radius 1 is 1.05 bits per heavy atom. The van der Waals surface area contributed by atoms with Crippen molar-refractivity contribution in [1.29, 1.82) is 0 Å². The van der Waals surface area contributed by atoms with Gasteiger partial charge in [-0.05, 0) is 68.9 Å². The number of para-hydroxylation sites is 1. The van der Waals surface area contributed by atoms with Crippen molar-refractivity contribution in [3.8, 4) is 0 Å². The largest absolute Gasteiger partial charge is 0.469 e. The predicted molar refractivity (Wildman–Crippen MR) is 142 cm³/mol. The molecule has 5 rings (SSSR count). The number of aromatic nitrogens is 2. The second-order valence-electron chi connectivity index (χ2n) is 10.3. The van der Waals surface area contributed by atoms with Crippen LogP contribution in [-0.4, -0.2) is 34.6 Å². The molecule has 0 saturated heterocycles. The van der Waals surface area contributed by atoms with Crippen LogP contribution in [0.25, 0.3) is 21.8 Å². The number of esters is 1. The topological polar surface area (TPSA) is 73.2 Å². The van der Waals surface area contributed by atoms with E-state index >= 15 is 0 Å². The van der Waals surface area contributed by atoms with Gasteiger partial charge in [0.25, 0.3) is 5.91 Å². The van der Waals surface area contributed by atoms with Crippen LogP contribution in [0.1, 0.15) is 54.2 Å². The van der Waals surface area contributed by atoms with Crippen molar-refractivity contribution in [2.45, 2.75) is 51.4 Å². The van der Waals surface area contributed by atoms with E-state index in [2.05, 4.69) is 10.3 Å². The Bertz CT molecular complexity index is 1520. The van der Waals surface area contributed by atoms with Crippen LogP contribution >= 0.6 is 0 Å². The van der Waals surface area contributed by atoms with Crippen LogP contribution in [-0.2, 0) is 22.3 Å². The third kappa shape index (κ3) is 5.62. The highest BCUT2D eigenvalue weighted by molar-refractivity contribution is 6.06. The number of nitrogens with zero attached hydrogens (tertiary/aromatic N) is 2. The van der Waals surface area contributed by atoms with E-state index in [1.165, 1.54) is 7.11 Å². The first-order valence-electron chi connectivity index (χ1n) is 13.1. The van der Waals surface area contributed by atoms with Gasteiger partial charge in [-0.2, -0.15) is 13.2 Å². The molecule has 2 heterocycles. The van der Waals surface area contributed by atoms with Crippen molar-refractivity contribution in [1.82, 2.24) is 14.9 Å². The molecule has 6 nitrogen and oxygen atoms in total. The van der Waals surface area contributed by atoms with Crippen LogP contribution in [0.3, 0.4) is 0 Å². The van der Waals surface area contributed by atoms with Gasteiger partial charge in [-0.3, -0.25) is 14.6 Å². The molecule has 2 aromatic carbocycles. The summed E-state index contributed by atoms with van der Waals surface area (Å²) in [5.41, 5.74) is 1.08. The van der Waals surface area contributed by atoms with E-state index in [4.69, 9.17) is 4.74 Å². The average Bonchev–Trinajstić information content (AvgIpc) is 3.34. The summed E-state index contributed by atoms with van der Waals surface area (Å²) < 4.78 is 47.9. The van der Waals surface area contributed by atoms with Gasteiger partial charge in [-0.25, -0.2) is 0 Å². The molecular weight excluding hydrogens is 507 g/mol. The molecule has 1 aliphatic carbocycles. The third-order valence-corrected chi connectivity index (χ3v) is 7.79. The lowest BCUT2D eigenvalue weighted by Crippen LogP contribution is -2.40. The molecule has 0 bridgehead atoms. The minimum absolute atomic E-state index is 0.0271. The van der Waals surface area contributed by atoms with Crippen molar-refractivity contribution >= 4 is 33.7 Å². The van der Waals surface area contributed by atoms with Crippen LogP contribution in [0.5, 0.6) is 0 Å². The fraction of sp³-hybridized carbons (Fsp3) is 0.367. The number of hydrogen-bond donors (Lipinski definition) is 1. The summed E-state index contributed by atoms with van der Waals surface area (Å²) in [5, 5.41) is 4.27. The molecule has 0 radical (unpaired) electrons. The molecule has 1 atom stereocenters. The molecular formula is C30H30F3N3O3. The molecule has 1 N–H and O–H groups in total. The Morgan fingerprint density at radius 2 is 1.79 bits per heavy atom. The van der Waals surface area contributed by atoms with Gasteiger partial charge in [0.15, 0.2) is 0 Å². The van der Waals surface area contributed by atoms with Gasteiger partial charge in [-0.15, -0.1) is 0 Å². The van der Waals surface area contributed by atoms with Crippen LogP contribution in [0.15, 0.2) is 60.8 Å². The van der Waals surface area contributed by atoms with E-state index in [-0.39, 0.29) is 29.4 Å². The summed E-state index contributed by atoms with van der Waals surface area (Å²) in [6.07, 6.45) is -0.133. The molecule has 1 saturated carbocycles. The number of amides is 1. The van der Waals surface area contributed by atoms with E-state index < -0.39 is 17.6 Å². The van der Waals surface area contributed by atoms with Crippen molar-refractivity contribution in [2.24, 2.45) is 11.8 Å². The molecule has 0 aliphatic heterocycles. The summed E-state index contributed by atoms with van der Waals surface area (Å²) >= 11 is 0. The Labute approximate surface area is 224 Å². The Kier molecular flexibility index (Phi) is 7.34. The predicted octanol–water partition coefficient (Wildman–Crippen LogP) is 6.35. The molecule has 2 aromatic heterocycles. The van der Waals surface area contributed by atoms with Crippen molar-refractivity contribution < 1.29 is 27.5 Å². The van der Waals surface area contributed by atoms with Crippen molar-refractivity contribution in [3.05, 3.63) is 77.6 Å². The fourth-order valence-electron chi connectivity index (χ4n) is 5.61. The number of carbonyl (C=O) groups is 2. The minimum atomic E-state index is -4.59. The van der Waals surface area contributed by atoms with Crippen LogP contribution in [0, 0.1) is 11.8 Å². The zero-order valence-electron chi connectivity index (χ0n) is 21.8. The Hall–Kier alpha value is -3.88. The van der Waals surface area contributed by atoms with Gasteiger partial charge in [0.05, 0.1) is 47.4 Å². The zero-order valence-corrected chi connectivity index (χ0v) is 21.8. The average molecular weight is 538 g/mol. The quantitative estimate of drug-likeness (QED) is 0.291. The maximum atomic E-state index is 13.8. The molecule has 4 aromatic rings. The number of fused-ring (bicyclic) bond motifs is 2. The number of rotatable bonds is 6. The first kappa shape index (κ1) is 26.7. The summed E-state index contributed by atoms with van der Waals surface area (Å²) in [7, 11) is 1.37. The van der Waals surface area contributed by atoms with Crippen molar-refractivity contribution in [3.63, 3.8) is 0 Å². The Balaban J connectivity index is 1.43. The normalized spacial score (nSPS) is 18.7. The lowest BCUT2D eigenvalue weighted by atomic mass is 9.79. The SMILES string of the molecule is COC(=O)C1CCC([C@H](C)NC(=O)c2cc(C(F)(F)F)cc3ccn(Cc4ccc5ccccc5n4)c23)CC1. The molecule has 1 aliphatic rings. The van der Waals surface area contributed by atoms with E-state index in [1.54, 1.807) is 16.8 Å². The summed E-state index contributed by atoms with van der Waals surface area (Å²) in [6.45, 7) is 2.16. The second kappa shape index (κ2) is 10.7. The lowest BCUT2D eigenvalue weighted by Gasteiger charge is -2.31. The number of carbonyl (C=O) groups excluding carboxylic acids is 2. The van der Waals surface area contributed by atoms with Gasteiger partial charge in [0, 0.05) is 23.0 Å². The molecule has 39 heavy (non-hydrogen) atoms. The van der Waals surface area contributed by atoms with Gasteiger partial charge >= 0.3 is 12.1 Å². The fourth-order valence-corrected chi connectivity index (χ4v) is 5.61. The third-order valence-electron chi connectivity index (χ3n) is 7.79. The van der Waals surface area contributed by atoms with Crippen LogP contribution in [0.4, 0.5) is 13.2 Å². The number of ether oxygens (including phenoxy) is 1. The summed E-state index contributed by atoms with van der Waals surface area (Å²) in [4.78, 5) is 30.0. The van der Waals surface area contributed by atoms with Gasteiger partial charge in [-0.1, -0.05) is 24.3 Å². The summed E-state index contributed by atoms with van der Waals surface area (Å²) in [6, 6.07) is 14.9. The Morgan fingerprint density at radius 3 is 2.51 bits per heavy atom. The second-order valence-corrected chi connectivity index (χ2v) is 10.3. The highest BCUT2D eigenvalue weighted by atomic mass is 19.4. The smallest absolute Gasteiger partial charge is 0.416 e. The molecule has 1 fully saturated rings. The highest BCUT2D eigenvalue weighted by Gasteiger charge is 2.34. The lowest BCUT2D eigenvalue weighted by molar-refractivity contribution is -0.147. The number of pyridine rings is 1. The van der Waals surface area contributed by atoms with Crippen LogP contribution < -0.4 is 5.32 Å². The number of hydrogen-bond acceptors (Lipinski definition) is 4. The van der Waals surface area contributed by atoms with Gasteiger partial charge in [0.2, 0.25) is 0 Å². The van der Waals surface area contributed by atoms with Crippen molar-refractivity contribution in [2.75, 3.05) is 7.11 Å². The minimum Gasteiger partial charge on any atom is -0.469 e. The standard InChI is InChI=1S/C30H30F3N3O3/c1-18(19-7-9-21(10-8-19)29(38)39-2)34-28(37)25-16-23(30(31,32)33)15-22-13-14-36(27(22)25)17-24-12-11-20-5-3-4-6-26(20)35-24/h3-6,11-16,18-19,21H,7-10,17H2,1-2H3,(H,34,37)/t18-,19?,21?/m0/s1. The maximum absolute atomic E-state index is 13.8. The zero-order chi connectivity index (χ0) is 27.7. The van der Waals surface area contributed by atoms with Gasteiger partial charge < -0.3 is 14.6 Å². The molecule has 204 valence electrons. The molecule has 1 amide bonds. The number of methoxy groups -OCH3 is 1. The number of alkyl halides is 3. The number of nitrogens with one attached hydrogen (secondary N) is 1. The molecule has 9 heteroatoms. The number of benzene rings is 2. The van der Waals surface area contributed by atoms with E-state index in [9.17, 15) is 22.8 Å². The first-order chi connectivity index (χ1) is 18.6. The number of halogens is 3. The van der Waals surface area contributed by atoms with Gasteiger partial charge in [0.1, 0.15) is 0 Å². The highest BCUT2D eigenvalue weighted by Crippen LogP contribution is 2.35. The molecule has 0 spiro atoms. The maximum Gasteiger partial charge on any atom is 0.416 e. The monoisotopic (exact) mass is 537 g/mol. The molecule has 0 unspecified atom stereocenters. The van der Waals surface area contributed by atoms with E-state index in [0.717, 1.165) is 41.6 Å². The van der Waals surface area contributed by atoms with Crippen LogP contribution in [0.2, 0.25) is 0 Å². The summed E-state index contributed by atoms with van der Waals surface area (Å²) in [5.74, 6) is -0.813. The van der Waals surface area contributed by atoms with E-state index in [1.807, 2.05) is 43.3 Å². The first-order valence-corrected chi connectivity index (χ1v) is 13.1. The van der Waals surface area contributed by atoms with E-state index in [0.29, 0.717) is 30.3 Å².